The van der Waals surface area contributed by atoms with E-state index in [4.69, 9.17) is 4.74 Å². The number of carbonyl (C=O) groups excluding carboxylic acids is 6. The van der Waals surface area contributed by atoms with E-state index in [1.54, 1.807) is 33.8 Å². The summed E-state index contributed by atoms with van der Waals surface area (Å²) in [5.74, 6) is -7.06. The van der Waals surface area contributed by atoms with Gasteiger partial charge in [-0.2, -0.15) is 0 Å². The highest BCUT2D eigenvalue weighted by Crippen LogP contribution is 2.34. The van der Waals surface area contributed by atoms with Gasteiger partial charge < -0.3 is 46.2 Å². The largest absolute Gasteiger partial charge is 0.508 e. The average Bonchev–Trinajstić information content (AvgIpc) is 3.27. The standard InChI is InChI=1S/C30H41N5O11/c1-13(2)23(31-15(5)36)27(42)32-19(11-21(38)39)26(41)34-24(14(3)4)29(44)35-9-8-16-6-7-17(37)10-18(16)25(35)28(43)33-20-12-22(40)46-30(20)45/h6-7,10,13-14,19-20,23-25,30,37,45H,8-9,11-12H2,1-5H3,(H,31,36)(H,32,42)(H,33,43)(H,34,41)(H,38,39)/t19-,20-,23-,24-,25?,30?/m0/s1. The predicted molar refractivity (Wildman–Crippen MR) is 158 cm³/mol. The van der Waals surface area contributed by atoms with Crippen molar-refractivity contribution in [3.63, 3.8) is 0 Å². The molecule has 16 heteroatoms. The van der Waals surface area contributed by atoms with Gasteiger partial charge >= 0.3 is 11.9 Å². The van der Waals surface area contributed by atoms with Crippen molar-refractivity contribution in [1.82, 2.24) is 26.2 Å². The van der Waals surface area contributed by atoms with Crippen LogP contribution >= 0.6 is 0 Å². The molecule has 7 N–H and O–H groups in total. The molecule has 0 saturated carbocycles. The minimum Gasteiger partial charge on any atom is -0.508 e. The number of benzene rings is 1. The fraction of sp³-hybridized carbons (Fsp3) is 0.567. The van der Waals surface area contributed by atoms with E-state index >= 15 is 0 Å². The summed E-state index contributed by atoms with van der Waals surface area (Å²) in [4.78, 5) is 90.3. The summed E-state index contributed by atoms with van der Waals surface area (Å²) in [5.41, 5.74) is 0.953. The molecule has 0 spiro atoms. The third-order valence-corrected chi connectivity index (χ3v) is 7.75. The molecule has 1 aromatic rings. The lowest BCUT2D eigenvalue weighted by Gasteiger charge is -2.39. The van der Waals surface area contributed by atoms with Crippen LogP contribution in [0.5, 0.6) is 5.75 Å². The number of aromatic hydroxyl groups is 1. The molecular weight excluding hydrogens is 606 g/mol. The second kappa shape index (κ2) is 15.0. The summed E-state index contributed by atoms with van der Waals surface area (Å²) in [5, 5.41) is 39.6. The van der Waals surface area contributed by atoms with Gasteiger partial charge in [-0.25, -0.2) is 0 Å². The topological polar surface area (TPSA) is 241 Å². The molecule has 0 bridgehead atoms. The highest BCUT2D eigenvalue weighted by Gasteiger charge is 2.43. The van der Waals surface area contributed by atoms with Crippen LogP contribution in [0, 0.1) is 11.8 Å². The number of hydrogen-bond donors (Lipinski definition) is 7. The molecule has 46 heavy (non-hydrogen) atoms. The number of esters is 1. The molecule has 5 amide bonds. The molecule has 2 aliphatic heterocycles. The molecule has 2 heterocycles. The van der Waals surface area contributed by atoms with Crippen LogP contribution in [0.25, 0.3) is 0 Å². The van der Waals surface area contributed by atoms with E-state index in [1.165, 1.54) is 24.0 Å². The highest BCUT2D eigenvalue weighted by atomic mass is 16.6. The summed E-state index contributed by atoms with van der Waals surface area (Å²) < 4.78 is 4.70. The summed E-state index contributed by atoms with van der Waals surface area (Å²) >= 11 is 0. The van der Waals surface area contributed by atoms with Crippen molar-refractivity contribution in [2.24, 2.45) is 11.8 Å². The highest BCUT2D eigenvalue weighted by molar-refractivity contribution is 5.97. The number of nitrogens with one attached hydrogen (secondary N) is 4. The van der Waals surface area contributed by atoms with Crippen LogP contribution in [-0.2, 0) is 44.7 Å². The van der Waals surface area contributed by atoms with Gasteiger partial charge in [-0.3, -0.25) is 33.6 Å². The van der Waals surface area contributed by atoms with E-state index in [1.807, 2.05) is 0 Å². The maximum Gasteiger partial charge on any atom is 0.310 e. The van der Waals surface area contributed by atoms with E-state index < -0.39 is 96.2 Å². The number of fused-ring (bicyclic) bond motifs is 1. The molecule has 3 rings (SSSR count). The quantitative estimate of drug-likeness (QED) is 0.133. The van der Waals surface area contributed by atoms with E-state index in [0.717, 1.165) is 0 Å². The zero-order valence-corrected chi connectivity index (χ0v) is 26.2. The Balaban J connectivity index is 1.90. The Hall–Kier alpha value is -4.73. The van der Waals surface area contributed by atoms with Crippen LogP contribution in [0.3, 0.4) is 0 Å². The Bertz CT molecular complexity index is 1380. The maximum atomic E-state index is 14.1. The second-order valence-corrected chi connectivity index (χ2v) is 12.1. The lowest BCUT2D eigenvalue weighted by atomic mass is 9.89. The number of ether oxygens (including phenoxy) is 1. The van der Waals surface area contributed by atoms with Crippen LogP contribution in [0.15, 0.2) is 18.2 Å². The number of rotatable bonds is 12. The molecular formula is C30H41N5O11. The summed E-state index contributed by atoms with van der Waals surface area (Å²) in [6, 6.07) is -2.05. The van der Waals surface area contributed by atoms with Gasteiger partial charge in [-0.15, -0.1) is 0 Å². The van der Waals surface area contributed by atoms with Gasteiger partial charge in [-0.05, 0) is 41.5 Å². The smallest absolute Gasteiger partial charge is 0.310 e. The van der Waals surface area contributed by atoms with Crippen LogP contribution in [0.1, 0.15) is 64.6 Å². The van der Waals surface area contributed by atoms with Crippen molar-refractivity contribution in [3.05, 3.63) is 29.3 Å². The Morgan fingerprint density at radius 2 is 1.63 bits per heavy atom. The van der Waals surface area contributed by atoms with Gasteiger partial charge in [0.05, 0.1) is 12.8 Å². The van der Waals surface area contributed by atoms with E-state index in [-0.39, 0.29) is 25.1 Å². The van der Waals surface area contributed by atoms with Gasteiger partial charge in [0.15, 0.2) is 0 Å². The van der Waals surface area contributed by atoms with Crippen LogP contribution < -0.4 is 21.3 Å². The minimum absolute atomic E-state index is 0.0124. The number of aliphatic carboxylic acids is 1. The number of nitrogens with zero attached hydrogens (tertiary/aromatic N) is 1. The molecule has 16 nitrogen and oxygen atoms in total. The van der Waals surface area contributed by atoms with Crippen molar-refractivity contribution in [2.45, 2.75) is 90.4 Å². The van der Waals surface area contributed by atoms with Gasteiger partial charge in [0.25, 0.3) is 0 Å². The fourth-order valence-electron chi connectivity index (χ4n) is 5.40. The van der Waals surface area contributed by atoms with Crippen molar-refractivity contribution < 1.29 is 53.6 Å². The van der Waals surface area contributed by atoms with Crippen LogP contribution in [0.2, 0.25) is 0 Å². The van der Waals surface area contributed by atoms with Crippen molar-refractivity contribution in [3.8, 4) is 5.75 Å². The molecule has 2 aliphatic rings. The Morgan fingerprint density at radius 1 is 0.978 bits per heavy atom. The molecule has 0 radical (unpaired) electrons. The van der Waals surface area contributed by atoms with E-state index in [9.17, 15) is 48.9 Å². The zero-order valence-electron chi connectivity index (χ0n) is 26.2. The van der Waals surface area contributed by atoms with Crippen molar-refractivity contribution >= 4 is 41.5 Å². The molecule has 1 saturated heterocycles. The fourth-order valence-corrected chi connectivity index (χ4v) is 5.40. The first-order chi connectivity index (χ1) is 21.5. The van der Waals surface area contributed by atoms with Crippen LogP contribution in [-0.4, -0.2) is 98.7 Å². The molecule has 2 unspecified atom stereocenters. The van der Waals surface area contributed by atoms with Gasteiger partial charge in [0, 0.05) is 13.5 Å². The zero-order chi connectivity index (χ0) is 34.5. The number of carbonyl (C=O) groups is 7. The van der Waals surface area contributed by atoms with Crippen molar-refractivity contribution in [1.29, 1.82) is 0 Å². The van der Waals surface area contributed by atoms with Gasteiger partial charge in [0.2, 0.25) is 35.8 Å². The first-order valence-electron chi connectivity index (χ1n) is 14.9. The lowest BCUT2D eigenvalue weighted by molar-refractivity contribution is -0.156. The number of aliphatic hydroxyl groups is 1. The minimum atomic E-state index is -1.62. The molecule has 6 atom stereocenters. The second-order valence-electron chi connectivity index (χ2n) is 12.1. The van der Waals surface area contributed by atoms with E-state index in [0.29, 0.717) is 11.1 Å². The SMILES string of the molecule is CC(=O)N[C@H](C(=O)N[C@@H](CC(=O)O)C(=O)N[C@H](C(=O)N1CCc2ccc(O)cc2C1C(=O)N[C@H]1CC(=O)OC1O)C(C)C)C(C)C. The average molecular weight is 648 g/mol. The molecule has 0 aliphatic carbocycles. The molecule has 1 fully saturated rings. The number of amides is 5. The number of aliphatic hydroxyl groups excluding tert-OH is 1. The molecule has 1 aromatic carbocycles. The van der Waals surface area contributed by atoms with Gasteiger partial charge in [0.1, 0.15) is 36.0 Å². The number of phenolic OH excluding ortho intramolecular Hbond substituents is 1. The Labute approximate surface area is 265 Å². The third kappa shape index (κ3) is 8.71. The number of cyclic esters (lactones) is 1. The molecule has 0 aromatic heterocycles. The number of carboxylic acid groups (broad SMARTS) is 1. The lowest BCUT2D eigenvalue weighted by Crippen LogP contribution is -2.60. The van der Waals surface area contributed by atoms with Crippen LogP contribution in [0.4, 0.5) is 0 Å². The summed E-state index contributed by atoms with van der Waals surface area (Å²) in [6.07, 6.45) is -2.44. The summed E-state index contributed by atoms with van der Waals surface area (Å²) in [6.45, 7) is 7.77. The normalized spacial score (nSPS) is 21.0. The maximum absolute atomic E-state index is 14.1. The Kier molecular flexibility index (Phi) is 11.7. The number of hydrogen-bond acceptors (Lipinski definition) is 10. The van der Waals surface area contributed by atoms with E-state index in [2.05, 4.69) is 21.3 Å². The first kappa shape index (κ1) is 35.7. The predicted octanol–water partition coefficient (Wildman–Crippen LogP) is -1.17. The number of carboxylic acids is 1. The Morgan fingerprint density at radius 3 is 2.17 bits per heavy atom. The number of phenols is 1. The molecule has 252 valence electrons. The monoisotopic (exact) mass is 647 g/mol. The first-order valence-corrected chi connectivity index (χ1v) is 14.9. The van der Waals surface area contributed by atoms with Crippen molar-refractivity contribution in [2.75, 3.05) is 6.54 Å². The third-order valence-electron chi connectivity index (χ3n) is 7.75. The summed E-state index contributed by atoms with van der Waals surface area (Å²) in [7, 11) is 0. The van der Waals surface area contributed by atoms with Gasteiger partial charge in [-0.1, -0.05) is 33.8 Å².